The number of nitrogens with two attached hydrogens (primary N) is 1. The van der Waals surface area contributed by atoms with Crippen molar-refractivity contribution in [1.82, 2.24) is 20.1 Å². The quantitative estimate of drug-likeness (QED) is 0.532. The number of carbonyl (C=O) groups is 2. The molecule has 0 fully saturated rings. The van der Waals surface area contributed by atoms with Gasteiger partial charge in [0.25, 0.3) is 5.91 Å². The summed E-state index contributed by atoms with van der Waals surface area (Å²) in [5.41, 5.74) is 8.01. The molecule has 2 aromatic carbocycles. The molecule has 4 rings (SSSR count). The number of hydrogen-bond donors (Lipinski definition) is 2. The van der Waals surface area contributed by atoms with Gasteiger partial charge in [-0.25, -0.2) is 0 Å². The number of hydrogen-bond acceptors (Lipinski definition) is 4. The molecule has 0 aliphatic heterocycles. The highest BCUT2D eigenvalue weighted by atomic mass is 16.2. The Morgan fingerprint density at radius 2 is 1.69 bits per heavy atom. The van der Waals surface area contributed by atoms with Crippen LogP contribution >= 0.6 is 0 Å². The van der Waals surface area contributed by atoms with Crippen LogP contribution in [0.4, 0.5) is 0 Å². The molecule has 0 bridgehead atoms. The van der Waals surface area contributed by atoms with Crippen LogP contribution in [0.1, 0.15) is 27.8 Å². The largest absolute Gasteiger partial charge is 0.368 e. The molecule has 0 saturated carbocycles. The highest BCUT2D eigenvalue weighted by molar-refractivity contribution is 6.06. The van der Waals surface area contributed by atoms with Gasteiger partial charge in [0.1, 0.15) is 6.04 Å². The number of pyridine rings is 1. The van der Waals surface area contributed by atoms with E-state index < -0.39 is 17.9 Å². The van der Waals surface area contributed by atoms with Crippen molar-refractivity contribution in [3.63, 3.8) is 0 Å². The fraction of sp³-hybridized carbons (Fsp3) is 0.0909. The molecule has 0 aliphatic carbocycles. The molecule has 1 atom stereocenters. The van der Waals surface area contributed by atoms with Crippen molar-refractivity contribution in [3.8, 4) is 0 Å². The van der Waals surface area contributed by atoms with Gasteiger partial charge in [-0.3, -0.25) is 19.3 Å². The van der Waals surface area contributed by atoms with Crippen LogP contribution in [0.3, 0.4) is 0 Å². The van der Waals surface area contributed by atoms with Gasteiger partial charge in [0, 0.05) is 11.6 Å². The smallest absolute Gasteiger partial charge is 0.273 e. The summed E-state index contributed by atoms with van der Waals surface area (Å²) in [5, 5.41) is 7.91. The fourth-order valence-corrected chi connectivity index (χ4v) is 3.22. The average molecular weight is 385 g/mol. The molecular weight excluding hydrogens is 366 g/mol. The zero-order chi connectivity index (χ0) is 20.2. The molecule has 0 spiro atoms. The number of nitrogens with one attached hydrogen (secondary N) is 1. The molecule has 2 aromatic heterocycles. The predicted molar refractivity (Wildman–Crippen MR) is 109 cm³/mol. The Labute approximate surface area is 167 Å². The third-order valence-electron chi connectivity index (χ3n) is 4.60. The van der Waals surface area contributed by atoms with E-state index in [1.165, 1.54) is 0 Å². The van der Waals surface area contributed by atoms with E-state index in [4.69, 9.17) is 5.73 Å². The molecule has 0 saturated heterocycles. The zero-order valence-electron chi connectivity index (χ0n) is 15.5. The van der Waals surface area contributed by atoms with Crippen molar-refractivity contribution in [2.75, 3.05) is 0 Å². The number of benzene rings is 2. The van der Waals surface area contributed by atoms with Crippen molar-refractivity contribution >= 4 is 22.7 Å². The molecule has 7 heteroatoms. The molecule has 1 unspecified atom stereocenters. The van der Waals surface area contributed by atoms with Gasteiger partial charge < -0.3 is 11.1 Å². The maximum Gasteiger partial charge on any atom is 0.273 e. The van der Waals surface area contributed by atoms with Crippen LogP contribution in [-0.2, 0) is 11.3 Å². The summed E-state index contributed by atoms with van der Waals surface area (Å²) in [6.07, 6.45) is 1.71. The van der Waals surface area contributed by atoms with Crippen LogP contribution in [-0.4, -0.2) is 26.6 Å². The number of nitrogens with zero attached hydrogens (tertiary/aromatic N) is 3. The number of rotatable bonds is 6. The lowest BCUT2D eigenvalue weighted by molar-refractivity contribution is -0.120. The van der Waals surface area contributed by atoms with Crippen molar-refractivity contribution in [2.24, 2.45) is 5.73 Å². The van der Waals surface area contributed by atoms with Crippen LogP contribution in [0.2, 0.25) is 0 Å². The Balaban J connectivity index is 1.68. The summed E-state index contributed by atoms with van der Waals surface area (Å²) in [5.74, 6) is -1.10. The van der Waals surface area contributed by atoms with Crippen molar-refractivity contribution in [1.29, 1.82) is 0 Å². The molecule has 3 N–H and O–H groups in total. The number of amides is 2. The van der Waals surface area contributed by atoms with Crippen molar-refractivity contribution in [2.45, 2.75) is 12.6 Å². The van der Waals surface area contributed by atoms with E-state index >= 15 is 0 Å². The summed E-state index contributed by atoms with van der Waals surface area (Å²) < 4.78 is 1.73. The number of carbonyl (C=O) groups excluding carboxylic acids is 2. The van der Waals surface area contributed by atoms with Gasteiger partial charge >= 0.3 is 0 Å². The molecule has 2 heterocycles. The maximum absolute atomic E-state index is 13.0. The standard InChI is InChI=1S/C22H19N5O2/c23-21(28)19(15-8-2-1-3-9-15)25-22(29)20-17-11-4-5-12-18(17)27(26-20)14-16-10-6-7-13-24-16/h1-13,19H,14H2,(H2,23,28)(H,25,29). The molecule has 29 heavy (non-hydrogen) atoms. The Morgan fingerprint density at radius 1 is 0.966 bits per heavy atom. The lowest BCUT2D eigenvalue weighted by Crippen LogP contribution is -2.37. The Hall–Kier alpha value is -4.00. The van der Waals surface area contributed by atoms with Gasteiger partial charge in [0.15, 0.2) is 5.69 Å². The summed E-state index contributed by atoms with van der Waals surface area (Å²) >= 11 is 0. The number of aromatic nitrogens is 3. The van der Waals surface area contributed by atoms with Crippen LogP contribution in [0, 0.1) is 0 Å². The Kier molecular flexibility index (Phi) is 5.03. The highest BCUT2D eigenvalue weighted by Gasteiger charge is 2.24. The summed E-state index contributed by atoms with van der Waals surface area (Å²) in [6.45, 7) is 0.423. The SMILES string of the molecule is NC(=O)C(NC(=O)c1nn(Cc2ccccn2)c2ccccc12)c1ccccc1. The minimum atomic E-state index is -0.941. The first-order valence-electron chi connectivity index (χ1n) is 9.14. The maximum atomic E-state index is 13.0. The highest BCUT2D eigenvalue weighted by Crippen LogP contribution is 2.21. The molecule has 0 radical (unpaired) electrons. The monoisotopic (exact) mass is 385 g/mol. The second-order valence-electron chi connectivity index (χ2n) is 6.56. The second kappa shape index (κ2) is 7.93. The van der Waals surface area contributed by atoms with Gasteiger partial charge in [-0.05, 0) is 23.8 Å². The van der Waals surface area contributed by atoms with Crippen LogP contribution in [0.15, 0.2) is 79.0 Å². The molecule has 0 aliphatic rings. The van der Waals surface area contributed by atoms with E-state index in [0.717, 1.165) is 11.2 Å². The summed E-state index contributed by atoms with van der Waals surface area (Å²) in [4.78, 5) is 29.3. The number of fused-ring (bicyclic) bond motifs is 1. The number of primary amides is 1. The molecule has 4 aromatic rings. The third kappa shape index (κ3) is 3.84. The lowest BCUT2D eigenvalue weighted by Gasteiger charge is -2.15. The van der Waals surface area contributed by atoms with E-state index in [0.29, 0.717) is 17.5 Å². The van der Waals surface area contributed by atoms with Crippen LogP contribution in [0.5, 0.6) is 0 Å². The first kappa shape index (κ1) is 18.4. The molecule has 2 amide bonds. The van der Waals surface area contributed by atoms with Crippen LogP contribution < -0.4 is 11.1 Å². The van der Waals surface area contributed by atoms with Gasteiger partial charge in [-0.1, -0.05) is 54.6 Å². The van der Waals surface area contributed by atoms with Gasteiger partial charge in [0.05, 0.1) is 17.8 Å². The Bertz CT molecular complexity index is 1160. The minimum absolute atomic E-state index is 0.235. The fourth-order valence-electron chi connectivity index (χ4n) is 3.22. The van der Waals surface area contributed by atoms with Gasteiger partial charge in [0.2, 0.25) is 5.91 Å². The molecular formula is C22H19N5O2. The third-order valence-corrected chi connectivity index (χ3v) is 4.60. The van der Waals surface area contributed by atoms with Crippen molar-refractivity contribution in [3.05, 3.63) is 95.9 Å². The van der Waals surface area contributed by atoms with Gasteiger partial charge in [-0.15, -0.1) is 0 Å². The van der Waals surface area contributed by atoms with E-state index in [-0.39, 0.29) is 5.69 Å². The zero-order valence-corrected chi connectivity index (χ0v) is 15.5. The van der Waals surface area contributed by atoms with E-state index in [1.54, 1.807) is 35.1 Å². The first-order valence-corrected chi connectivity index (χ1v) is 9.14. The lowest BCUT2D eigenvalue weighted by atomic mass is 10.1. The minimum Gasteiger partial charge on any atom is -0.368 e. The molecule has 7 nitrogen and oxygen atoms in total. The van der Waals surface area contributed by atoms with Crippen LogP contribution in [0.25, 0.3) is 10.9 Å². The summed E-state index contributed by atoms with van der Waals surface area (Å²) in [6, 6.07) is 21.0. The topological polar surface area (TPSA) is 103 Å². The Morgan fingerprint density at radius 3 is 2.41 bits per heavy atom. The van der Waals surface area contributed by atoms with E-state index in [9.17, 15) is 9.59 Å². The van der Waals surface area contributed by atoms with Gasteiger partial charge in [-0.2, -0.15) is 5.10 Å². The first-order chi connectivity index (χ1) is 14.1. The second-order valence-corrected chi connectivity index (χ2v) is 6.56. The van der Waals surface area contributed by atoms with Crippen molar-refractivity contribution < 1.29 is 9.59 Å². The van der Waals surface area contributed by atoms with E-state index in [2.05, 4.69) is 15.4 Å². The number of para-hydroxylation sites is 1. The average Bonchev–Trinajstić information content (AvgIpc) is 3.12. The molecule has 144 valence electrons. The predicted octanol–water partition coefficient (Wildman–Crippen LogP) is 2.44. The van der Waals surface area contributed by atoms with E-state index in [1.807, 2.05) is 48.5 Å². The summed E-state index contributed by atoms with van der Waals surface area (Å²) in [7, 11) is 0. The normalized spacial score (nSPS) is 11.9.